The number of benzene rings is 1. The summed E-state index contributed by atoms with van der Waals surface area (Å²) in [6.07, 6.45) is 1.26. The van der Waals surface area contributed by atoms with Crippen LogP contribution in [0.5, 0.6) is 5.75 Å². The fraction of sp³-hybridized carbons (Fsp3) is 0.0909. The topological polar surface area (TPSA) is 71.7 Å². The predicted molar refractivity (Wildman–Crippen MR) is 56.5 cm³/mol. The van der Waals surface area contributed by atoms with Gasteiger partial charge in [0.25, 0.3) is 0 Å². The Bertz CT molecular complexity index is 530. The molecule has 5 heteroatoms. The highest BCUT2D eigenvalue weighted by Crippen LogP contribution is 2.21. The van der Waals surface area contributed by atoms with E-state index in [1.54, 1.807) is 19.2 Å². The molecule has 1 aromatic carbocycles. The third kappa shape index (κ3) is 1.81. The second-order valence-electron chi connectivity index (χ2n) is 3.00. The van der Waals surface area contributed by atoms with E-state index in [-0.39, 0.29) is 5.69 Å². The van der Waals surface area contributed by atoms with Crippen LogP contribution < -0.4 is 4.74 Å². The first kappa shape index (κ1) is 10.1. The van der Waals surface area contributed by atoms with Crippen molar-refractivity contribution >= 4 is 0 Å². The Labute approximate surface area is 92.4 Å². The summed E-state index contributed by atoms with van der Waals surface area (Å²) in [6.45, 7) is 0. The molecular formula is C11H8N4O. The molecule has 0 spiro atoms. The zero-order valence-corrected chi connectivity index (χ0v) is 8.58. The van der Waals surface area contributed by atoms with Gasteiger partial charge in [0, 0.05) is 5.56 Å². The van der Waals surface area contributed by atoms with Crippen LogP contribution in [0.2, 0.25) is 0 Å². The zero-order chi connectivity index (χ0) is 11.4. The van der Waals surface area contributed by atoms with Crippen LogP contribution in [-0.4, -0.2) is 22.3 Å². The quantitative estimate of drug-likeness (QED) is 0.752. The molecule has 2 rings (SSSR count). The summed E-state index contributed by atoms with van der Waals surface area (Å²) in [5.74, 6) is 0.749. The molecule has 0 unspecified atom stereocenters. The first-order valence-corrected chi connectivity index (χ1v) is 4.57. The molecule has 0 atom stereocenters. The first-order valence-electron chi connectivity index (χ1n) is 4.57. The van der Waals surface area contributed by atoms with Gasteiger partial charge in [-0.15, -0.1) is 10.2 Å². The van der Waals surface area contributed by atoms with Crippen LogP contribution in [0, 0.1) is 11.3 Å². The molecule has 0 aliphatic heterocycles. The maximum atomic E-state index is 8.88. The average Bonchev–Trinajstić information content (AvgIpc) is 2.39. The summed E-state index contributed by atoms with van der Waals surface area (Å²) >= 11 is 0. The standard InChI is InChI=1S/C11H8N4O/c1-16-9-4-2-8(3-5-9)11-10(6-12)13-7-14-15-11/h2-5,7H,1H3. The first-order chi connectivity index (χ1) is 7.85. The second kappa shape index (κ2) is 4.36. The number of rotatable bonds is 2. The smallest absolute Gasteiger partial charge is 0.170 e. The highest BCUT2D eigenvalue weighted by molar-refractivity contribution is 5.64. The molecule has 0 amide bonds. The Morgan fingerprint density at radius 1 is 1.25 bits per heavy atom. The van der Waals surface area contributed by atoms with E-state index in [4.69, 9.17) is 10.00 Å². The minimum absolute atomic E-state index is 0.264. The van der Waals surface area contributed by atoms with E-state index in [0.29, 0.717) is 5.69 Å². The summed E-state index contributed by atoms with van der Waals surface area (Å²) in [6, 6.07) is 9.19. The van der Waals surface area contributed by atoms with Crippen molar-refractivity contribution in [3.63, 3.8) is 0 Å². The monoisotopic (exact) mass is 212 g/mol. The van der Waals surface area contributed by atoms with E-state index in [1.165, 1.54) is 6.33 Å². The van der Waals surface area contributed by atoms with Gasteiger partial charge in [0.2, 0.25) is 0 Å². The Kier molecular flexibility index (Phi) is 2.74. The highest BCUT2D eigenvalue weighted by Gasteiger charge is 2.07. The zero-order valence-electron chi connectivity index (χ0n) is 8.58. The SMILES string of the molecule is COc1ccc(-c2nncnc2C#N)cc1. The van der Waals surface area contributed by atoms with E-state index in [0.717, 1.165) is 11.3 Å². The lowest BCUT2D eigenvalue weighted by atomic mass is 10.1. The van der Waals surface area contributed by atoms with Gasteiger partial charge >= 0.3 is 0 Å². The van der Waals surface area contributed by atoms with Crippen LogP contribution in [0.4, 0.5) is 0 Å². The minimum Gasteiger partial charge on any atom is -0.497 e. The van der Waals surface area contributed by atoms with Gasteiger partial charge in [-0.25, -0.2) is 4.98 Å². The fourth-order valence-electron chi connectivity index (χ4n) is 1.30. The summed E-state index contributed by atoms with van der Waals surface area (Å²) in [5.41, 5.74) is 1.53. The second-order valence-corrected chi connectivity index (χ2v) is 3.00. The number of aromatic nitrogens is 3. The molecule has 16 heavy (non-hydrogen) atoms. The molecule has 1 heterocycles. The third-order valence-corrected chi connectivity index (χ3v) is 2.09. The van der Waals surface area contributed by atoms with Crippen molar-refractivity contribution in [1.29, 1.82) is 5.26 Å². The number of nitriles is 1. The van der Waals surface area contributed by atoms with Gasteiger partial charge in [-0.2, -0.15) is 5.26 Å². The van der Waals surface area contributed by atoms with Gasteiger partial charge in [-0.05, 0) is 24.3 Å². The van der Waals surface area contributed by atoms with Crippen molar-refractivity contribution in [2.24, 2.45) is 0 Å². The van der Waals surface area contributed by atoms with Crippen molar-refractivity contribution in [1.82, 2.24) is 15.2 Å². The largest absolute Gasteiger partial charge is 0.497 e. The lowest BCUT2D eigenvalue weighted by molar-refractivity contribution is 0.415. The molecule has 0 saturated carbocycles. The number of hydrogen-bond acceptors (Lipinski definition) is 5. The molecule has 2 aromatic rings. The number of nitrogens with zero attached hydrogens (tertiary/aromatic N) is 4. The van der Waals surface area contributed by atoms with Gasteiger partial charge in [-0.3, -0.25) is 0 Å². The molecule has 0 bridgehead atoms. The molecule has 0 aliphatic carbocycles. The van der Waals surface area contributed by atoms with Crippen molar-refractivity contribution in [2.45, 2.75) is 0 Å². The Morgan fingerprint density at radius 3 is 2.62 bits per heavy atom. The van der Waals surface area contributed by atoms with E-state index in [9.17, 15) is 0 Å². The molecule has 0 aliphatic rings. The molecule has 1 aromatic heterocycles. The summed E-state index contributed by atoms with van der Waals surface area (Å²) in [4.78, 5) is 3.85. The van der Waals surface area contributed by atoms with Crippen LogP contribution in [0.1, 0.15) is 5.69 Å². The molecular weight excluding hydrogens is 204 g/mol. The molecule has 0 fully saturated rings. The van der Waals surface area contributed by atoms with E-state index >= 15 is 0 Å². The van der Waals surface area contributed by atoms with Gasteiger partial charge in [0.1, 0.15) is 23.8 Å². The van der Waals surface area contributed by atoms with Crippen LogP contribution in [0.3, 0.4) is 0 Å². The highest BCUT2D eigenvalue weighted by atomic mass is 16.5. The van der Waals surface area contributed by atoms with Crippen molar-refractivity contribution in [3.05, 3.63) is 36.3 Å². The Balaban J connectivity index is 2.47. The average molecular weight is 212 g/mol. The van der Waals surface area contributed by atoms with Crippen molar-refractivity contribution < 1.29 is 4.74 Å². The lowest BCUT2D eigenvalue weighted by Crippen LogP contribution is -1.95. The maximum absolute atomic E-state index is 8.88. The number of hydrogen-bond donors (Lipinski definition) is 0. The van der Waals surface area contributed by atoms with Crippen LogP contribution in [-0.2, 0) is 0 Å². The Hall–Kier alpha value is -2.48. The van der Waals surface area contributed by atoms with Crippen molar-refractivity contribution in [3.8, 4) is 23.1 Å². The number of methoxy groups -OCH3 is 1. The molecule has 78 valence electrons. The molecule has 0 saturated heterocycles. The number of ether oxygens (including phenoxy) is 1. The van der Waals surface area contributed by atoms with E-state index < -0.39 is 0 Å². The summed E-state index contributed by atoms with van der Waals surface area (Å²) < 4.78 is 5.04. The Morgan fingerprint density at radius 2 is 2.00 bits per heavy atom. The molecule has 0 N–H and O–H groups in total. The minimum atomic E-state index is 0.264. The maximum Gasteiger partial charge on any atom is 0.170 e. The van der Waals surface area contributed by atoms with Gasteiger partial charge < -0.3 is 4.74 Å². The normalized spacial score (nSPS) is 9.50. The van der Waals surface area contributed by atoms with Crippen LogP contribution in [0.25, 0.3) is 11.3 Å². The third-order valence-electron chi connectivity index (χ3n) is 2.09. The van der Waals surface area contributed by atoms with Gasteiger partial charge in [0.15, 0.2) is 5.69 Å². The predicted octanol–water partition coefficient (Wildman–Crippen LogP) is 1.42. The van der Waals surface area contributed by atoms with Crippen LogP contribution in [0.15, 0.2) is 30.6 Å². The van der Waals surface area contributed by atoms with Crippen LogP contribution >= 0.6 is 0 Å². The van der Waals surface area contributed by atoms with Gasteiger partial charge in [-0.1, -0.05) is 0 Å². The van der Waals surface area contributed by atoms with Crippen molar-refractivity contribution in [2.75, 3.05) is 7.11 Å². The van der Waals surface area contributed by atoms with Gasteiger partial charge in [0.05, 0.1) is 7.11 Å². The van der Waals surface area contributed by atoms with E-state index in [1.807, 2.05) is 18.2 Å². The summed E-state index contributed by atoms with van der Waals surface area (Å²) in [5, 5.41) is 16.4. The molecule has 5 nitrogen and oxygen atoms in total. The lowest BCUT2D eigenvalue weighted by Gasteiger charge is -2.02. The molecule has 0 radical (unpaired) electrons. The van der Waals surface area contributed by atoms with E-state index in [2.05, 4.69) is 15.2 Å². The fourth-order valence-corrected chi connectivity index (χ4v) is 1.30. The summed E-state index contributed by atoms with van der Waals surface area (Å²) in [7, 11) is 1.60.